The van der Waals surface area contributed by atoms with Crippen molar-refractivity contribution in [3.8, 4) is 11.8 Å². The van der Waals surface area contributed by atoms with E-state index in [4.69, 9.17) is 0 Å². The van der Waals surface area contributed by atoms with E-state index in [9.17, 15) is 14.4 Å². The van der Waals surface area contributed by atoms with Gasteiger partial charge in [0.05, 0.1) is 0 Å². The highest BCUT2D eigenvalue weighted by atomic mass is 16.2. The summed E-state index contributed by atoms with van der Waals surface area (Å²) in [4.78, 5) is 49.2. The minimum Gasteiger partial charge on any atom is -0.373 e. The molecule has 2 aromatic rings. The minimum atomic E-state index is -0.618. The molecular weight excluding hydrogens is 432 g/mol. The number of hydrogen-bond donors (Lipinski definition) is 2. The highest BCUT2D eigenvalue weighted by Gasteiger charge is 2.39. The summed E-state index contributed by atoms with van der Waals surface area (Å²) in [6.45, 7) is 2.08. The lowest BCUT2D eigenvalue weighted by molar-refractivity contribution is -0.136. The number of rotatable bonds is 3. The highest BCUT2D eigenvalue weighted by Crippen LogP contribution is 2.30. The smallest absolute Gasteiger partial charge is 0.255 e. The van der Waals surface area contributed by atoms with Gasteiger partial charge in [-0.2, -0.15) is 0 Å². The molecule has 1 aromatic heterocycles. The van der Waals surface area contributed by atoms with Gasteiger partial charge in [0, 0.05) is 56.2 Å². The van der Waals surface area contributed by atoms with Crippen LogP contribution in [0.5, 0.6) is 0 Å². The van der Waals surface area contributed by atoms with Crippen LogP contribution in [0.2, 0.25) is 0 Å². The molecule has 0 saturated carbocycles. The van der Waals surface area contributed by atoms with E-state index in [1.807, 2.05) is 25.2 Å². The van der Waals surface area contributed by atoms with Crippen molar-refractivity contribution in [1.29, 1.82) is 0 Å². The quantitative estimate of drug-likeness (QED) is 0.531. The van der Waals surface area contributed by atoms with Crippen LogP contribution in [0.3, 0.4) is 0 Å². The van der Waals surface area contributed by atoms with E-state index in [0.29, 0.717) is 18.5 Å². The van der Waals surface area contributed by atoms with E-state index < -0.39 is 11.9 Å². The molecule has 0 bridgehead atoms. The van der Waals surface area contributed by atoms with E-state index >= 15 is 0 Å². The van der Waals surface area contributed by atoms with Gasteiger partial charge in [-0.05, 0) is 37.0 Å². The second-order valence-electron chi connectivity index (χ2n) is 8.77. The van der Waals surface area contributed by atoms with Crippen molar-refractivity contribution in [2.24, 2.45) is 5.92 Å². The van der Waals surface area contributed by atoms with Gasteiger partial charge in [-0.1, -0.05) is 17.9 Å². The van der Waals surface area contributed by atoms with Gasteiger partial charge in [-0.25, -0.2) is 9.97 Å². The van der Waals surface area contributed by atoms with Crippen LogP contribution in [-0.2, 0) is 16.1 Å². The Morgan fingerprint density at radius 1 is 1.12 bits per heavy atom. The Morgan fingerprint density at radius 3 is 2.71 bits per heavy atom. The summed E-state index contributed by atoms with van der Waals surface area (Å²) in [5, 5.41) is 5.38. The van der Waals surface area contributed by atoms with Gasteiger partial charge < -0.3 is 15.1 Å². The monoisotopic (exact) mass is 458 g/mol. The number of imide groups is 1. The molecule has 3 aliphatic heterocycles. The van der Waals surface area contributed by atoms with Gasteiger partial charge in [-0.3, -0.25) is 19.7 Å². The lowest BCUT2D eigenvalue weighted by Gasteiger charge is -2.30. The number of carbonyl (C=O) groups is 3. The summed E-state index contributed by atoms with van der Waals surface area (Å²) in [5.41, 5.74) is 2.29. The van der Waals surface area contributed by atoms with Crippen LogP contribution in [-0.4, -0.2) is 58.8 Å². The first kappa shape index (κ1) is 21.9. The van der Waals surface area contributed by atoms with Crippen molar-refractivity contribution >= 4 is 29.4 Å². The normalized spacial score (nSPS) is 20.5. The summed E-state index contributed by atoms with van der Waals surface area (Å²) in [6.07, 6.45) is 4.03. The number of amides is 3. The van der Waals surface area contributed by atoms with Gasteiger partial charge in [0.25, 0.3) is 5.91 Å². The predicted octanol–water partition coefficient (Wildman–Crippen LogP) is 1.55. The maximum Gasteiger partial charge on any atom is 0.255 e. The molecule has 0 spiro atoms. The summed E-state index contributed by atoms with van der Waals surface area (Å²) in [5.74, 6) is 7.84. The zero-order chi connectivity index (χ0) is 23.7. The Morgan fingerprint density at radius 2 is 1.94 bits per heavy atom. The molecule has 1 atom stereocenters. The zero-order valence-corrected chi connectivity index (χ0v) is 19.0. The number of piperidine rings is 2. The van der Waals surface area contributed by atoms with Gasteiger partial charge in [-0.15, -0.1) is 0 Å². The number of fused-ring (bicyclic) bond motifs is 1. The van der Waals surface area contributed by atoms with E-state index in [-0.39, 0.29) is 24.2 Å². The Balaban J connectivity index is 1.27. The maximum atomic E-state index is 13.0. The molecule has 3 aliphatic rings. The second kappa shape index (κ2) is 9.14. The first-order valence-corrected chi connectivity index (χ1v) is 11.6. The van der Waals surface area contributed by atoms with Crippen LogP contribution in [0, 0.1) is 17.8 Å². The van der Waals surface area contributed by atoms with Crippen LogP contribution in [0.1, 0.15) is 47.2 Å². The number of nitrogens with one attached hydrogen (secondary N) is 2. The third-order valence-corrected chi connectivity index (χ3v) is 6.72. The Bertz CT molecular complexity index is 1210. The van der Waals surface area contributed by atoms with Gasteiger partial charge >= 0.3 is 0 Å². The van der Waals surface area contributed by atoms with Gasteiger partial charge in [0.15, 0.2) is 0 Å². The summed E-state index contributed by atoms with van der Waals surface area (Å²) >= 11 is 0. The number of benzene rings is 1. The Labute approximate surface area is 197 Å². The summed E-state index contributed by atoms with van der Waals surface area (Å²) in [6, 6.07) is 6.89. The van der Waals surface area contributed by atoms with Crippen LogP contribution in [0.4, 0.5) is 11.6 Å². The number of hydrogen-bond acceptors (Lipinski definition) is 7. The lowest BCUT2D eigenvalue weighted by Crippen LogP contribution is -2.52. The third-order valence-electron chi connectivity index (χ3n) is 6.72. The van der Waals surface area contributed by atoms with Crippen molar-refractivity contribution in [3.63, 3.8) is 0 Å². The first-order valence-electron chi connectivity index (χ1n) is 11.6. The highest BCUT2D eigenvalue weighted by molar-refractivity contribution is 6.05. The summed E-state index contributed by atoms with van der Waals surface area (Å²) < 4.78 is 0. The lowest BCUT2D eigenvalue weighted by atomic mass is 9.96. The number of aromatic nitrogens is 2. The maximum absolute atomic E-state index is 13.0. The van der Waals surface area contributed by atoms with Crippen molar-refractivity contribution in [2.75, 3.05) is 30.4 Å². The molecule has 9 nitrogen and oxygen atoms in total. The minimum absolute atomic E-state index is 0.174. The molecule has 9 heteroatoms. The standard InChI is InChI=1S/C25H26N6O3/c1-26-21-13-22(28-15-27-21)30-11-9-16(10-12-30)5-6-17-3-2-4-18-19(17)14-31(25(18)34)20-7-8-23(32)29-24(20)33/h2-4,13,15-16,20H,7-12,14H2,1H3,(H,26,27,28)(H,29,32,33). The van der Waals surface area contributed by atoms with Crippen molar-refractivity contribution in [2.45, 2.75) is 38.3 Å². The van der Waals surface area contributed by atoms with E-state index in [1.54, 1.807) is 17.3 Å². The van der Waals surface area contributed by atoms with E-state index in [1.165, 1.54) is 0 Å². The molecule has 5 rings (SSSR count). The molecule has 4 heterocycles. The average Bonchev–Trinajstić information content (AvgIpc) is 3.20. The molecule has 174 valence electrons. The average molecular weight is 459 g/mol. The van der Waals surface area contributed by atoms with E-state index in [0.717, 1.165) is 48.7 Å². The molecule has 2 fully saturated rings. The van der Waals surface area contributed by atoms with Crippen LogP contribution in [0.25, 0.3) is 0 Å². The predicted molar refractivity (Wildman–Crippen MR) is 126 cm³/mol. The fraction of sp³-hybridized carbons (Fsp3) is 0.400. The number of anilines is 2. The third kappa shape index (κ3) is 4.19. The van der Waals surface area contributed by atoms with Crippen LogP contribution in [0.15, 0.2) is 30.6 Å². The molecule has 1 aromatic carbocycles. The van der Waals surface area contributed by atoms with Crippen LogP contribution < -0.4 is 15.5 Å². The summed E-state index contributed by atoms with van der Waals surface area (Å²) in [7, 11) is 1.84. The van der Waals surface area contributed by atoms with Crippen molar-refractivity contribution < 1.29 is 14.4 Å². The zero-order valence-electron chi connectivity index (χ0n) is 19.0. The van der Waals surface area contributed by atoms with Gasteiger partial charge in [0.1, 0.15) is 24.0 Å². The second-order valence-corrected chi connectivity index (χ2v) is 8.77. The molecule has 0 radical (unpaired) electrons. The SMILES string of the molecule is CNc1cc(N2CCC(C#Cc3cccc4c3CN(C3CCC(=O)NC3=O)C4=O)CC2)ncn1. The van der Waals surface area contributed by atoms with Crippen LogP contribution >= 0.6 is 0 Å². The molecule has 2 N–H and O–H groups in total. The molecule has 34 heavy (non-hydrogen) atoms. The molecule has 0 aliphatic carbocycles. The van der Waals surface area contributed by atoms with Crippen molar-refractivity contribution in [1.82, 2.24) is 20.2 Å². The molecule has 1 unspecified atom stereocenters. The van der Waals surface area contributed by atoms with Crippen molar-refractivity contribution in [3.05, 3.63) is 47.3 Å². The van der Waals surface area contributed by atoms with E-state index in [2.05, 4.69) is 37.3 Å². The van der Waals surface area contributed by atoms with Gasteiger partial charge in [0.2, 0.25) is 11.8 Å². The molecule has 3 amide bonds. The number of carbonyl (C=O) groups excluding carboxylic acids is 3. The molecular formula is C25H26N6O3. The fourth-order valence-electron chi connectivity index (χ4n) is 4.79. The Kier molecular flexibility index (Phi) is 5.88. The fourth-order valence-corrected chi connectivity index (χ4v) is 4.79. The topological polar surface area (TPSA) is 108 Å². The first-order chi connectivity index (χ1) is 16.5. The Hall–Kier alpha value is -3.93. The largest absolute Gasteiger partial charge is 0.373 e. The number of nitrogens with zero attached hydrogens (tertiary/aromatic N) is 4. The molecule has 2 saturated heterocycles.